The Hall–Kier alpha value is -0.380. The van der Waals surface area contributed by atoms with E-state index >= 15 is 0 Å². The van der Waals surface area contributed by atoms with Gasteiger partial charge in [0.05, 0.1) is 0 Å². The summed E-state index contributed by atoms with van der Waals surface area (Å²) >= 11 is 1.79. The molecule has 0 saturated carbocycles. The molecule has 1 saturated heterocycles. The molecular formula is C14H24N2S. The molecule has 1 aromatic rings. The highest BCUT2D eigenvalue weighted by atomic mass is 32.1. The molecule has 3 heteroatoms. The molecule has 2 heterocycles. The molecule has 1 N–H and O–H groups in total. The summed E-state index contributed by atoms with van der Waals surface area (Å²) in [5.41, 5.74) is 1.47. The van der Waals surface area contributed by atoms with Crippen LogP contribution in [0.15, 0.2) is 16.8 Å². The van der Waals surface area contributed by atoms with E-state index in [0.29, 0.717) is 0 Å². The minimum atomic E-state index is 0.959. The van der Waals surface area contributed by atoms with E-state index in [1.807, 2.05) is 0 Å². The maximum absolute atomic E-state index is 3.55. The summed E-state index contributed by atoms with van der Waals surface area (Å²) in [6.07, 6.45) is 3.93. The summed E-state index contributed by atoms with van der Waals surface area (Å²) in [5.74, 6) is 0.959. The van der Waals surface area contributed by atoms with Crippen LogP contribution in [-0.2, 0) is 6.42 Å². The zero-order chi connectivity index (χ0) is 11.9. The minimum Gasteiger partial charge on any atom is -0.315 e. The van der Waals surface area contributed by atoms with Crippen LogP contribution in [0.5, 0.6) is 0 Å². The molecule has 0 aliphatic carbocycles. The second-order valence-corrected chi connectivity index (χ2v) is 5.78. The normalized spacial score (nSPS) is 21.1. The standard InChI is InChI=1S/C14H24N2S/c1-2-13-4-8-16(11-13)9-7-15-6-3-14-5-10-17-12-14/h5,10,12-13,15H,2-4,6-9,11H2,1H3. The Morgan fingerprint density at radius 1 is 1.47 bits per heavy atom. The third-order valence-corrected chi connectivity index (χ3v) is 4.45. The molecule has 0 spiro atoms. The monoisotopic (exact) mass is 252 g/mol. The van der Waals surface area contributed by atoms with Gasteiger partial charge < -0.3 is 10.2 Å². The van der Waals surface area contributed by atoms with E-state index < -0.39 is 0 Å². The molecule has 0 amide bonds. The Kier molecular flexibility index (Phi) is 5.49. The lowest BCUT2D eigenvalue weighted by atomic mass is 10.1. The Bertz CT molecular complexity index is 297. The highest BCUT2D eigenvalue weighted by Crippen LogP contribution is 2.18. The van der Waals surface area contributed by atoms with E-state index in [0.717, 1.165) is 19.0 Å². The molecule has 1 atom stereocenters. The van der Waals surface area contributed by atoms with Gasteiger partial charge in [-0.05, 0) is 54.2 Å². The van der Waals surface area contributed by atoms with Gasteiger partial charge in [0.15, 0.2) is 0 Å². The second kappa shape index (κ2) is 7.14. The molecule has 0 aromatic carbocycles. The fourth-order valence-corrected chi connectivity index (χ4v) is 3.18. The van der Waals surface area contributed by atoms with Crippen LogP contribution in [-0.4, -0.2) is 37.6 Å². The Balaban J connectivity index is 1.49. The molecule has 1 unspecified atom stereocenters. The van der Waals surface area contributed by atoms with Crippen molar-refractivity contribution >= 4 is 11.3 Å². The fourth-order valence-electron chi connectivity index (χ4n) is 2.48. The van der Waals surface area contributed by atoms with Crippen molar-refractivity contribution in [2.75, 3.05) is 32.7 Å². The number of likely N-dealkylation sites (tertiary alicyclic amines) is 1. The summed E-state index contributed by atoms with van der Waals surface area (Å²) in [5, 5.41) is 7.95. The first-order chi connectivity index (χ1) is 8.38. The second-order valence-electron chi connectivity index (χ2n) is 5.00. The number of nitrogens with one attached hydrogen (secondary N) is 1. The molecule has 1 fully saturated rings. The molecule has 1 aliphatic heterocycles. The average molecular weight is 252 g/mol. The van der Waals surface area contributed by atoms with Crippen molar-refractivity contribution in [3.63, 3.8) is 0 Å². The van der Waals surface area contributed by atoms with Gasteiger partial charge in [-0.3, -0.25) is 0 Å². The topological polar surface area (TPSA) is 15.3 Å². The minimum absolute atomic E-state index is 0.959. The van der Waals surface area contributed by atoms with Crippen molar-refractivity contribution in [2.45, 2.75) is 26.2 Å². The van der Waals surface area contributed by atoms with E-state index in [-0.39, 0.29) is 0 Å². The van der Waals surface area contributed by atoms with Gasteiger partial charge in [0, 0.05) is 19.6 Å². The zero-order valence-electron chi connectivity index (χ0n) is 10.8. The van der Waals surface area contributed by atoms with Crippen LogP contribution in [0.1, 0.15) is 25.3 Å². The highest BCUT2D eigenvalue weighted by molar-refractivity contribution is 7.07. The van der Waals surface area contributed by atoms with Gasteiger partial charge in [-0.25, -0.2) is 0 Å². The molecule has 2 rings (SSSR count). The summed E-state index contributed by atoms with van der Waals surface area (Å²) < 4.78 is 0. The van der Waals surface area contributed by atoms with Crippen molar-refractivity contribution in [1.82, 2.24) is 10.2 Å². The lowest BCUT2D eigenvalue weighted by molar-refractivity contribution is 0.321. The molecule has 0 radical (unpaired) electrons. The molecule has 1 aliphatic rings. The number of rotatable bonds is 7. The van der Waals surface area contributed by atoms with Crippen LogP contribution in [0, 0.1) is 5.92 Å². The van der Waals surface area contributed by atoms with Crippen LogP contribution in [0.3, 0.4) is 0 Å². The first-order valence-corrected chi connectivity index (χ1v) is 7.77. The van der Waals surface area contributed by atoms with Crippen molar-refractivity contribution in [3.05, 3.63) is 22.4 Å². The molecule has 17 heavy (non-hydrogen) atoms. The SMILES string of the molecule is CCC1CCN(CCNCCc2ccsc2)C1. The number of nitrogens with zero attached hydrogens (tertiary/aromatic N) is 1. The third kappa shape index (κ3) is 4.41. The molecule has 2 nitrogen and oxygen atoms in total. The molecule has 1 aromatic heterocycles. The van der Waals surface area contributed by atoms with Gasteiger partial charge in [-0.15, -0.1) is 0 Å². The van der Waals surface area contributed by atoms with Crippen molar-refractivity contribution < 1.29 is 0 Å². The fraction of sp³-hybridized carbons (Fsp3) is 0.714. The smallest absolute Gasteiger partial charge is 0.0107 e. The maximum Gasteiger partial charge on any atom is 0.0107 e. The van der Waals surface area contributed by atoms with E-state index in [9.17, 15) is 0 Å². The van der Waals surface area contributed by atoms with E-state index in [1.54, 1.807) is 11.3 Å². The first kappa shape index (κ1) is 13.1. The zero-order valence-corrected chi connectivity index (χ0v) is 11.6. The number of hydrogen-bond donors (Lipinski definition) is 1. The van der Waals surface area contributed by atoms with Crippen LogP contribution in [0.4, 0.5) is 0 Å². The quantitative estimate of drug-likeness (QED) is 0.751. The summed E-state index contributed by atoms with van der Waals surface area (Å²) in [6, 6.07) is 2.22. The Morgan fingerprint density at radius 3 is 3.12 bits per heavy atom. The van der Waals surface area contributed by atoms with Crippen LogP contribution < -0.4 is 5.32 Å². The van der Waals surface area contributed by atoms with Crippen molar-refractivity contribution in [2.24, 2.45) is 5.92 Å². The van der Waals surface area contributed by atoms with E-state index in [4.69, 9.17) is 0 Å². The van der Waals surface area contributed by atoms with Gasteiger partial charge in [-0.2, -0.15) is 11.3 Å². The molecule has 0 bridgehead atoms. The van der Waals surface area contributed by atoms with Gasteiger partial charge in [-0.1, -0.05) is 13.3 Å². The molecular weight excluding hydrogens is 228 g/mol. The van der Waals surface area contributed by atoms with Gasteiger partial charge in [0.1, 0.15) is 0 Å². The Labute approximate surface area is 109 Å². The summed E-state index contributed by atoms with van der Waals surface area (Å²) in [6.45, 7) is 8.42. The van der Waals surface area contributed by atoms with Crippen LogP contribution in [0.2, 0.25) is 0 Å². The lowest BCUT2D eigenvalue weighted by Crippen LogP contribution is -2.31. The lowest BCUT2D eigenvalue weighted by Gasteiger charge is -2.15. The summed E-state index contributed by atoms with van der Waals surface area (Å²) in [4.78, 5) is 2.60. The predicted molar refractivity (Wildman–Crippen MR) is 75.7 cm³/mol. The average Bonchev–Trinajstić information content (AvgIpc) is 2.99. The van der Waals surface area contributed by atoms with Crippen LogP contribution in [0.25, 0.3) is 0 Å². The highest BCUT2D eigenvalue weighted by Gasteiger charge is 2.19. The number of hydrogen-bond acceptors (Lipinski definition) is 3. The van der Waals surface area contributed by atoms with Gasteiger partial charge >= 0.3 is 0 Å². The maximum atomic E-state index is 3.55. The number of thiophene rings is 1. The predicted octanol–water partition coefficient (Wildman–Crippen LogP) is 2.61. The first-order valence-electron chi connectivity index (χ1n) is 6.82. The van der Waals surface area contributed by atoms with E-state index in [2.05, 4.69) is 34.0 Å². The summed E-state index contributed by atoms with van der Waals surface area (Å²) in [7, 11) is 0. The van der Waals surface area contributed by atoms with Crippen LogP contribution >= 0.6 is 11.3 Å². The van der Waals surface area contributed by atoms with Gasteiger partial charge in [0.2, 0.25) is 0 Å². The van der Waals surface area contributed by atoms with Gasteiger partial charge in [0.25, 0.3) is 0 Å². The van der Waals surface area contributed by atoms with Crippen molar-refractivity contribution in [3.8, 4) is 0 Å². The molecule has 96 valence electrons. The van der Waals surface area contributed by atoms with E-state index in [1.165, 1.54) is 44.5 Å². The van der Waals surface area contributed by atoms with Crippen molar-refractivity contribution in [1.29, 1.82) is 0 Å². The Morgan fingerprint density at radius 2 is 2.41 bits per heavy atom. The largest absolute Gasteiger partial charge is 0.315 e. The third-order valence-electron chi connectivity index (χ3n) is 3.72.